The van der Waals surface area contributed by atoms with Crippen molar-refractivity contribution in [2.45, 2.75) is 38.9 Å². The predicted octanol–water partition coefficient (Wildman–Crippen LogP) is 2.93. The van der Waals surface area contributed by atoms with Crippen LogP contribution >= 0.6 is 0 Å². The molecule has 9 heteroatoms. The second-order valence-electron chi connectivity index (χ2n) is 4.79. The van der Waals surface area contributed by atoms with Crippen LogP contribution in [0.1, 0.15) is 26.7 Å². The molecule has 0 aliphatic rings. The number of nitrogens with zero attached hydrogens (tertiary/aromatic N) is 3. The summed E-state index contributed by atoms with van der Waals surface area (Å²) in [5.74, 6) is 0.658. The number of hydrogen-bond acceptors (Lipinski definition) is 5. The van der Waals surface area contributed by atoms with Crippen molar-refractivity contribution in [3.63, 3.8) is 0 Å². The van der Waals surface area contributed by atoms with Gasteiger partial charge >= 0.3 is 6.18 Å². The number of nitrogens with one attached hydrogen (secondary N) is 3. The molecule has 0 radical (unpaired) electrons. The highest BCUT2D eigenvalue weighted by Crippen LogP contribution is 2.25. The van der Waals surface area contributed by atoms with Gasteiger partial charge < -0.3 is 15.6 Å². The summed E-state index contributed by atoms with van der Waals surface area (Å²) in [7, 11) is 0. The molecular weight excluding hydrogens is 285 g/mol. The lowest BCUT2D eigenvalue weighted by Crippen LogP contribution is -2.24. The number of halogens is 3. The number of alkyl halides is 3. The maximum atomic E-state index is 12.4. The Morgan fingerprint density at radius 2 is 2.10 bits per heavy atom. The van der Waals surface area contributed by atoms with Gasteiger partial charge in [0.2, 0.25) is 5.95 Å². The zero-order valence-electron chi connectivity index (χ0n) is 11.8. The topological polar surface area (TPSA) is 78.5 Å². The first-order valence-electron chi connectivity index (χ1n) is 6.67. The van der Waals surface area contributed by atoms with Gasteiger partial charge in [-0.1, -0.05) is 6.92 Å². The molecule has 0 fully saturated rings. The second-order valence-corrected chi connectivity index (χ2v) is 4.79. The molecule has 116 valence electrons. The summed E-state index contributed by atoms with van der Waals surface area (Å²) in [6, 6.07) is -0.801. The minimum Gasteiger partial charge on any atom is -0.365 e. The molecule has 3 N–H and O–H groups in total. The van der Waals surface area contributed by atoms with Crippen LogP contribution in [-0.4, -0.2) is 38.7 Å². The first-order valence-corrected chi connectivity index (χ1v) is 6.67. The van der Waals surface area contributed by atoms with Crippen LogP contribution in [-0.2, 0) is 0 Å². The molecule has 2 aromatic heterocycles. The number of aromatic nitrogens is 4. The van der Waals surface area contributed by atoms with Crippen LogP contribution < -0.4 is 10.6 Å². The molecule has 1 atom stereocenters. The molecule has 1 unspecified atom stereocenters. The normalized spacial score (nSPS) is 13.4. The van der Waals surface area contributed by atoms with E-state index in [1.54, 1.807) is 0 Å². The van der Waals surface area contributed by atoms with Crippen molar-refractivity contribution >= 4 is 22.9 Å². The van der Waals surface area contributed by atoms with Crippen LogP contribution in [0.4, 0.5) is 24.9 Å². The van der Waals surface area contributed by atoms with Gasteiger partial charge in [0.05, 0.1) is 12.7 Å². The molecule has 0 aromatic carbocycles. The van der Waals surface area contributed by atoms with E-state index in [0.717, 1.165) is 6.42 Å². The van der Waals surface area contributed by atoms with E-state index in [4.69, 9.17) is 0 Å². The molecule has 21 heavy (non-hydrogen) atoms. The number of hydrogen-bond donors (Lipinski definition) is 3. The van der Waals surface area contributed by atoms with E-state index >= 15 is 0 Å². The van der Waals surface area contributed by atoms with Gasteiger partial charge in [0.15, 0.2) is 11.5 Å². The number of rotatable bonds is 6. The molecule has 0 amide bonds. The lowest BCUT2D eigenvalue weighted by Gasteiger charge is -2.17. The van der Waals surface area contributed by atoms with E-state index in [9.17, 15) is 13.2 Å². The zero-order chi connectivity index (χ0) is 15.5. The average molecular weight is 302 g/mol. The summed E-state index contributed by atoms with van der Waals surface area (Å²) in [5, 5.41) is 5.76. The second kappa shape index (κ2) is 6.15. The number of anilines is 2. The highest BCUT2D eigenvalue weighted by atomic mass is 19.4. The van der Waals surface area contributed by atoms with Gasteiger partial charge in [-0.15, -0.1) is 0 Å². The number of imidazole rings is 1. The van der Waals surface area contributed by atoms with Gasteiger partial charge in [-0.05, 0) is 13.3 Å². The highest BCUT2D eigenvalue weighted by Gasteiger charge is 2.30. The van der Waals surface area contributed by atoms with Crippen LogP contribution in [0.2, 0.25) is 0 Å². The van der Waals surface area contributed by atoms with E-state index in [2.05, 4.69) is 30.6 Å². The minimum atomic E-state index is -4.23. The largest absolute Gasteiger partial charge is 0.391 e. The Bertz CT molecular complexity index is 594. The number of fused-ring (bicyclic) bond motifs is 1. The molecule has 0 aliphatic carbocycles. The van der Waals surface area contributed by atoms with E-state index in [-0.39, 0.29) is 0 Å². The third kappa shape index (κ3) is 4.20. The summed E-state index contributed by atoms with van der Waals surface area (Å²) in [5.41, 5.74) is 0.899. The number of H-pyrrole nitrogens is 1. The SMILES string of the molecule is CCCNc1nc(NC(C)CC(F)(F)F)c2[nH]cnc2n1. The van der Waals surface area contributed by atoms with Crippen LogP contribution in [0.15, 0.2) is 6.33 Å². The van der Waals surface area contributed by atoms with Gasteiger partial charge in [0.25, 0.3) is 0 Å². The van der Waals surface area contributed by atoms with Gasteiger partial charge in [0.1, 0.15) is 5.52 Å². The van der Waals surface area contributed by atoms with Crippen molar-refractivity contribution in [1.82, 2.24) is 19.9 Å². The maximum Gasteiger partial charge on any atom is 0.391 e. The van der Waals surface area contributed by atoms with Crippen molar-refractivity contribution in [2.75, 3.05) is 17.2 Å². The van der Waals surface area contributed by atoms with Crippen LogP contribution in [0.3, 0.4) is 0 Å². The van der Waals surface area contributed by atoms with Gasteiger partial charge in [-0.2, -0.15) is 23.1 Å². The molecule has 0 aliphatic heterocycles. The Balaban J connectivity index is 2.22. The van der Waals surface area contributed by atoms with E-state index < -0.39 is 18.6 Å². The van der Waals surface area contributed by atoms with E-state index in [1.807, 2.05) is 6.92 Å². The molecule has 0 spiro atoms. The van der Waals surface area contributed by atoms with Crippen LogP contribution in [0.25, 0.3) is 11.2 Å². The number of aromatic amines is 1. The molecule has 2 aromatic rings. The molecule has 0 saturated heterocycles. The standard InChI is InChI=1S/C12H17F3N6/c1-3-4-16-11-20-9-8(17-6-18-9)10(21-11)19-7(2)5-12(13,14)15/h6-7H,3-5H2,1-2H3,(H3,16,17,18,19,20,21). The Labute approximate surface area is 119 Å². The van der Waals surface area contributed by atoms with Gasteiger partial charge in [0, 0.05) is 12.6 Å². The van der Waals surface area contributed by atoms with Crippen molar-refractivity contribution < 1.29 is 13.2 Å². The van der Waals surface area contributed by atoms with Crippen molar-refractivity contribution in [2.24, 2.45) is 0 Å². The van der Waals surface area contributed by atoms with Crippen LogP contribution in [0, 0.1) is 0 Å². The molecule has 0 saturated carbocycles. The molecule has 2 rings (SSSR count). The van der Waals surface area contributed by atoms with Crippen molar-refractivity contribution in [1.29, 1.82) is 0 Å². The fourth-order valence-electron chi connectivity index (χ4n) is 1.89. The first kappa shape index (κ1) is 15.3. The van der Waals surface area contributed by atoms with Crippen LogP contribution in [0.5, 0.6) is 0 Å². The monoisotopic (exact) mass is 302 g/mol. The maximum absolute atomic E-state index is 12.4. The van der Waals surface area contributed by atoms with Gasteiger partial charge in [-0.25, -0.2) is 4.98 Å². The Morgan fingerprint density at radius 3 is 2.76 bits per heavy atom. The molecule has 0 bridgehead atoms. The summed E-state index contributed by atoms with van der Waals surface area (Å²) >= 11 is 0. The summed E-state index contributed by atoms with van der Waals surface area (Å²) in [4.78, 5) is 15.3. The Morgan fingerprint density at radius 1 is 1.33 bits per heavy atom. The molecule has 6 nitrogen and oxygen atoms in total. The predicted molar refractivity (Wildman–Crippen MR) is 74.2 cm³/mol. The lowest BCUT2D eigenvalue weighted by atomic mass is 10.2. The third-order valence-electron chi connectivity index (χ3n) is 2.74. The first-order chi connectivity index (χ1) is 9.89. The van der Waals surface area contributed by atoms with E-state index in [0.29, 0.717) is 29.5 Å². The zero-order valence-corrected chi connectivity index (χ0v) is 11.8. The smallest absolute Gasteiger partial charge is 0.365 e. The quantitative estimate of drug-likeness (QED) is 0.764. The third-order valence-corrected chi connectivity index (χ3v) is 2.74. The van der Waals surface area contributed by atoms with Crippen molar-refractivity contribution in [3.8, 4) is 0 Å². The fourth-order valence-corrected chi connectivity index (χ4v) is 1.89. The lowest BCUT2D eigenvalue weighted by molar-refractivity contribution is -0.136. The summed E-state index contributed by atoms with van der Waals surface area (Å²) in [6.45, 7) is 4.12. The summed E-state index contributed by atoms with van der Waals surface area (Å²) in [6.07, 6.45) is -2.85. The highest BCUT2D eigenvalue weighted by molar-refractivity contribution is 5.83. The Hall–Kier alpha value is -2.06. The minimum absolute atomic E-state index is 0.313. The Kier molecular flexibility index (Phi) is 4.49. The van der Waals surface area contributed by atoms with Gasteiger partial charge in [-0.3, -0.25) is 0 Å². The van der Waals surface area contributed by atoms with E-state index in [1.165, 1.54) is 13.3 Å². The molecular formula is C12H17F3N6. The summed E-state index contributed by atoms with van der Waals surface area (Å²) < 4.78 is 37.2. The van der Waals surface area contributed by atoms with Crippen molar-refractivity contribution in [3.05, 3.63) is 6.33 Å². The molecule has 2 heterocycles. The average Bonchev–Trinajstić information content (AvgIpc) is 2.82. The fraction of sp³-hybridized carbons (Fsp3) is 0.583.